The Kier molecular flexibility index (Phi) is 6.60. The number of hydrogen-bond donors (Lipinski definition) is 0. The molecule has 288 valence electrons. The fourth-order valence-corrected chi connectivity index (χ4v) is 11.7. The van der Waals surface area contributed by atoms with E-state index in [0.29, 0.717) is 0 Å². The van der Waals surface area contributed by atoms with Crippen molar-refractivity contribution in [2.75, 3.05) is 4.81 Å². The lowest BCUT2D eigenvalue weighted by Gasteiger charge is -2.43. The van der Waals surface area contributed by atoms with Crippen LogP contribution in [0.5, 0.6) is 0 Å². The molecular weight excluding hydrogens is 711 g/mol. The molecule has 0 bridgehead atoms. The predicted octanol–water partition coefficient (Wildman–Crippen LogP) is 13.2. The van der Waals surface area contributed by atoms with Gasteiger partial charge in [-0.15, -0.1) is 0 Å². The predicted molar refractivity (Wildman–Crippen MR) is 252 cm³/mol. The number of aromatic nitrogens is 1. The number of nitrogens with zero attached hydrogens (tertiary/aromatic N) is 2. The first-order valence-corrected chi connectivity index (χ1v) is 21.6. The molecule has 2 aliphatic heterocycles. The lowest BCUT2D eigenvalue weighted by molar-refractivity contribution is 0.590. The summed E-state index contributed by atoms with van der Waals surface area (Å²) in [6.45, 7) is 23.6. The second-order valence-corrected chi connectivity index (χ2v) is 21.0. The molecule has 0 amide bonds. The van der Waals surface area contributed by atoms with Crippen molar-refractivity contribution in [3.63, 3.8) is 0 Å². The summed E-state index contributed by atoms with van der Waals surface area (Å²) in [6.07, 6.45) is 0. The van der Waals surface area contributed by atoms with Crippen LogP contribution >= 0.6 is 0 Å². The Morgan fingerprint density at radius 1 is 0.492 bits per heavy atom. The van der Waals surface area contributed by atoms with Crippen molar-refractivity contribution >= 4 is 51.0 Å². The molecule has 3 heteroatoms. The molecular formula is C56H51BN2. The maximum Gasteiger partial charge on any atom is 0.333 e. The second kappa shape index (κ2) is 11.1. The monoisotopic (exact) mass is 762 g/mol. The van der Waals surface area contributed by atoms with Gasteiger partial charge in [0, 0.05) is 44.2 Å². The van der Waals surface area contributed by atoms with Gasteiger partial charge >= 0.3 is 6.85 Å². The van der Waals surface area contributed by atoms with Crippen LogP contribution < -0.4 is 15.7 Å². The first-order valence-electron chi connectivity index (χ1n) is 21.6. The third-order valence-electron chi connectivity index (χ3n) is 14.9. The minimum atomic E-state index is -0.109. The molecule has 0 N–H and O–H groups in total. The van der Waals surface area contributed by atoms with Crippen LogP contribution in [0.4, 0.5) is 11.4 Å². The van der Waals surface area contributed by atoms with E-state index in [9.17, 15) is 0 Å². The van der Waals surface area contributed by atoms with Crippen molar-refractivity contribution in [2.24, 2.45) is 0 Å². The molecule has 0 fully saturated rings. The normalized spacial score (nSPS) is 16.2. The zero-order chi connectivity index (χ0) is 40.7. The molecule has 12 rings (SSSR count). The topological polar surface area (TPSA) is 8.17 Å². The minimum Gasteiger partial charge on any atom is -0.376 e. The number of anilines is 2. The first-order chi connectivity index (χ1) is 28.1. The van der Waals surface area contributed by atoms with Crippen LogP contribution in [0.2, 0.25) is 0 Å². The van der Waals surface area contributed by atoms with E-state index in [-0.39, 0.29) is 28.5 Å². The summed E-state index contributed by atoms with van der Waals surface area (Å²) in [5.41, 5.74) is 25.6. The van der Waals surface area contributed by atoms with Crippen molar-refractivity contribution in [3.05, 3.63) is 161 Å². The van der Waals surface area contributed by atoms with Crippen LogP contribution in [-0.2, 0) is 21.7 Å². The summed E-state index contributed by atoms with van der Waals surface area (Å²) >= 11 is 0. The first kappa shape index (κ1) is 35.2. The summed E-state index contributed by atoms with van der Waals surface area (Å²) in [6, 6.07) is 50.1. The van der Waals surface area contributed by atoms with Crippen molar-refractivity contribution in [1.82, 2.24) is 4.57 Å². The molecule has 1 aromatic heterocycles. The van der Waals surface area contributed by atoms with E-state index in [1.165, 1.54) is 117 Å². The minimum absolute atomic E-state index is 0.0130. The van der Waals surface area contributed by atoms with E-state index in [4.69, 9.17) is 0 Å². The van der Waals surface area contributed by atoms with E-state index in [2.05, 4.69) is 206 Å². The summed E-state index contributed by atoms with van der Waals surface area (Å²) in [5, 5.41) is 2.72. The van der Waals surface area contributed by atoms with Gasteiger partial charge in [-0.2, -0.15) is 0 Å². The molecule has 8 aromatic rings. The standard InChI is InChI=1S/C56H51BN2/c1-53(2,3)32-19-22-34(23-20-32)59-48-31-39-35-15-11-13-17-41(35)56(9,10)44(39)30-40(48)36-24-25-38-50-47(28-26-43-49(50)37-16-12-14-18-42(37)55(43,7)8)58-46-27-21-33(54(4,5)6)29-45(46)57(59)51(36)52(38)58/h11-31H,1-10H3. The summed E-state index contributed by atoms with van der Waals surface area (Å²) in [4.78, 5) is 2.72. The van der Waals surface area contributed by atoms with Crippen LogP contribution in [0.1, 0.15) is 103 Å². The zero-order valence-electron chi connectivity index (χ0n) is 36.1. The lowest BCUT2D eigenvalue weighted by Crippen LogP contribution is -2.60. The Balaban J connectivity index is 1.25. The fourth-order valence-electron chi connectivity index (χ4n) is 11.7. The summed E-state index contributed by atoms with van der Waals surface area (Å²) < 4.78 is 2.65. The number of rotatable bonds is 1. The Hall–Kier alpha value is -5.80. The molecule has 3 heterocycles. The van der Waals surface area contributed by atoms with Gasteiger partial charge in [-0.05, 0) is 119 Å². The molecule has 0 spiro atoms. The smallest absolute Gasteiger partial charge is 0.333 e. The fraction of sp³-hybridized carbons (Fsp3) is 0.250. The van der Waals surface area contributed by atoms with Gasteiger partial charge in [0.1, 0.15) is 0 Å². The summed E-state index contributed by atoms with van der Waals surface area (Å²) in [5.74, 6) is 0. The van der Waals surface area contributed by atoms with Crippen molar-refractivity contribution in [2.45, 2.75) is 90.9 Å². The van der Waals surface area contributed by atoms with E-state index < -0.39 is 0 Å². The van der Waals surface area contributed by atoms with Gasteiger partial charge in [0.05, 0.1) is 11.0 Å². The Bertz CT molecular complexity index is 3180. The third-order valence-corrected chi connectivity index (χ3v) is 14.9. The number of benzene rings is 7. The largest absolute Gasteiger partial charge is 0.376 e. The van der Waals surface area contributed by atoms with Crippen LogP contribution in [0.15, 0.2) is 127 Å². The molecule has 4 aliphatic rings. The van der Waals surface area contributed by atoms with Gasteiger partial charge in [-0.3, -0.25) is 0 Å². The van der Waals surface area contributed by atoms with E-state index in [1.807, 2.05) is 0 Å². The Labute approximate surface area is 349 Å². The van der Waals surface area contributed by atoms with Gasteiger partial charge in [0.25, 0.3) is 0 Å². The Morgan fingerprint density at radius 2 is 1.14 bits per heavy atom. The van der Waals surface area contributed by atoms with E-state index in [1.54, 1.807) is 0 Å². The average Bonchev–Trinajstić information content (AvgIpc) is 3.76. The maximum absolute atomic E-state index is 2.72. The van der Waals surface area contributed by atoms with Gasteiger partial charge in [0.15, 0.2) is 0 Å². The van der Waals surface area contributed by atoms with Crippen LogP contribution in [0.3, 0.4) is 0 Å². The van der Waals surface area contributed by atoms with Crippen LogP contribution in [-0.4, -0.2) is 11.4 Å². The zero-order valence-corrected chi connectivity index (χ0v) is 36.1. The molecule has 0 atom stereocenters. The van der Waals surface area contributed by atoms with Crippen LogP contribution in [0.25, 0.3) is 60.9 Å². The van der Waals surface area contributed by atoms with E-state index in [0.717, 1.165) is 0 Å². The molecule has 2 nitrogen and oxygen atoms in total. The number of hydrogen-bond acceptors (Lipinski definition) is 1. The quantitative estimate of drug-likeness (QED) is 0.151. The third kappa shape index (κ3) is 4.39. The maximum atomic E-state index is 2.72. The molecule has 0 unspecified atom stereocenters. The van der Waals surface area contributed by atoms with Gasteiger partial charge in [-0.1, -0.05) is 160 Å². The van der Waals surface area contributed by atoms with Crippen molar-refractivity contribution in [1.29, 1.82) is 0 Å². The van der Waals surface area contributed by atoms with Gasteiger partial charge < -0.3 is 9.38 Å². The highest BCUT2D eigenvalue weighted by atomic mass is 15.1. The molecule has 0 radical (unpaired) electrons. The van der Waals surface area contributed by atoms with Crippen molar-refractivity contribution in [3.8, 4) is 39.1 Å². The van der Waals surface area contributed by atoms with Crippen LogP contribution in [0, 0.1) is 0 Å². The average molecular weight is 763 g/mol. The molecule has 2 aliphatic carbocycles. The molecule has 0 saturated carbocycles. The highest BCUT2D eigenvalue weighted by Crippen LogP contribution is 2.56. The van der Waals surface area contributed by atoms with E-state index >= 15 is 0 Å². The van der Waals surface area contributed by atoms with Crippen molar-refractivity contribution < 1.29 is 0 Å². The van der Waals surface area contributed by atoms with Gasteiger partial charge in [-0.25, -0.2) is 0 Å². The highest BCUT2D eigenvalue weighted by molar-refractivity contribution is 6.93. The second-order valence-electron chi connectivity index (χ2n) is 21.0. The molecule has 0 saturated heterocycles. The number of fused-ring (bicyclic) bond motifs is 15. The molecule has 7 aromatic carbocycles. The SMILES string of the molecule is CC(C)(C)c1ccc(N2B3c4cc(C(C)(C)C)ccc4-n4c5ccc6c(c5c5ccc(c3c54)-c3cc4c(cc32)-c2ccccc2C4(C)C)-c2ccccc2C6(C)C)cc1. The summed E-state index contributed by atoms with van der Waals surface area (Å²) in [7, 11) is 0. The lowest BCUT2D eigenvalue weighted by atomic mass is 9.43. The van der Waals surface area contributed by atoms with Gasteiger partial charge in [0.2, 0.25) is 0 Å². The molecule has 59 heavy (non-hydrogen) atoms. The Morgan fingerprint density at radius 3 is 1.85 bits per heavy atom. The highest BCUT2D eigenvalue weighted by Gasteiger charge is 2.47.